The number of hydrogen-bond donors (Lipinski definition) is 2. The van der Waals surface area contributed by atoms with Gasteiger partial charge >= 0.3 is 6.09 Å². The van der Waals surface area contributed by atoms with Crippen molar-refractivity contribution in [3.05, 3.63) is 23.5 Å². The zero-order chi connectivity index (χ0) is 13.9. The zero-order valence-electron chi connectivity index (χ0n) is 10.3. The zero-order valence-corrected chi connectivity index (χ0v) is 10.3. The smallest absolute Gasteiger partial charge is 0.412 e. The Morgan fingerprint density at radius 1 is 1.44 bits per heavy atom. The van der Waals surface area contributed by atoms with E-state index in [1.807, 2.05) is 0 Å². The van der Waals surface area contributed by atoms with E-state index in [1.165, 1.54) is 0 Å². The van der Waals surface area contributed by atoms with Crippen molar-refractivity contribution in [3.63, 3.8) is 0 Å². The number of phenols is 1. The van der Waals surface area contributed by atoms with Gasteiger partial charge in [-0.15, -0.1) is 0 Å². The minimum Gasteiger partial charge on any atom is -0.505 e. The molecule has 5 nitrogen and oxygen atoms in total. The number of anilines is 1. The summed E-state index contributed by atoms with van der Waals surface area (Å²) in [5, 5.41) is 11.8. The summed E-state index contributed by atoms with van der Waals surface area (Å²) in [7, 11) is 0. The molecule has 0 saturated heterocycles. The molecule has 0 radical (unpaired) electrons. The first-order valence-corrected chi connectivity index (χ1v) is 5.21. The van der Waals surface area contributed by atoms with Crippen LogP contribution in [0.5, 0.6) is 5.75 Å². The lowest BCUT2D eigenvalue weighted by molar-refractivity contribution is 0.0635. The Hall–Kier alpha value is -2.11. The van der Waals surface area contributed by atoms with Gasteiger partial charge in [-0.3, -0.25) is 10.1 Å². The van der Waals surface area contributed by atoms with Gasteiger partial charge in [0.05, 0.1) is 11.3 Å². The molecule has 98 valence electrons. The second-order valence-electron chi connectivity index (χ2n) is 4.60. The monoisotopic (exact) mass is 255 g/mol. The van der Waals surface area contributed by atoms with Crippen LogP contribution in [0.3, 0.4) is 0 Å². The van der Waals surface area contributed by atoms with Gasteiger partial charge in [0.2, 0.25) is 0 Å². The van der Waals surface area contributed by atoms with Crippen LogP contribution in [0.25, 0.3) is 0 Å². The Bertz CT molecular complexity index is 480. The van der Waals surface area contributed by atoms with Crippen LogP contribution in [-0.4, -0.2) is 23.1 Å². The molecule has 0 fully saturated rings. The van der Waals surface area contributed by atoms with Gasteiger partial charge in [-0.25, -0.2) is 9.18 Å². The molecular weight excluding hydrogens is 241 g/mol. The van der Waals surface area contributed by atoms with Gasteiger partial charge in [0.25, 0.3) is 0 Å². The third-order valence-corrected chi connectivity index (χ3v) is 1.92. The summed E-state index contributed by atoms with van der Waals surface area (Å²) in [6, 6.07) is 2.11. The van der Waals surface area contributed by atoms with Crippen molar-refractivity contribution in [2.24, 2.45) is 0 Å². The van der Waals surface area contributed by atoms with E-state index in [-0.39, 0.29) is 12.0 Å². The molecule has 0 aromatic heterocycles. The van der Waals surface area contributed by atoms with Crippen molar-refractivity contribution in [1.29, 1.82) is 0 Å². The van der Waals surface area contributed by atoms with Gasteiger partial charge in [0.15, 0.2) is 12.0 Å². The minimum atomic E-state index is -0.864. The highest BCUT2D eigenvalue weighted by atomic mass is 19.1. The topological polar surface area (TPSA) is 75.6 Å². The highest BCUT2D eigenvalue weighted by molar-refractivity contribution is 5.91. The third-order valence-electron chi connectivity index (χ3n) is 1.92. The Labute approximate surface area is 104 Å². The Morgan fingerprint density at radius 3 is 2.56 bits per heavy atom. The molecule has 0 aliphatic carbocycles. The molecule has 0 bridgehead atoms. The van der Waals surface area contributed by atoms with E-state index in [0.29, 0.717) is 0 Å². The number of rotatable bonds is 2. The first-order valence-electron chi connectivity index (χ1n) is 5.21. The van der Waals surface area contributed by atoms with Crippen molar-refractivity contribution in [2.75, 3.05) is 5.32 Å². The van der Waals surface area contributed by atoms with Crippen LogP contribution in [0.1, 0.15) is 31.1 Å². The largest absolute Gasteiger partial charge is 0.505 e. The van der Waals surface area contributed by atoms with Crippen molar-refractivity contribution in [3.8, 4) is 5.75 Å². The highest BCUT2D eigenvalue weighted by Gasteiger charge is 2.19. The molecule has 1 aromatic rings. The number of phenolic OH excluding ortho intramolecular Hbond substituents is 1. The second kappa shape index (κ2) is 5.03. The van der Waals surface area contributed by atoms with E-state index < -0.39 is 28.8 Å². The number of amides is 1. The number of carbonyl (C=O) groups is 2. The van der Waals surface area contributed by atoms with E-state index in [0.717, 1.165) is 12.1 Å². The van der Waals surface area contributed by atoms with Crippen LogP contribution >= 0.6 is 0 Å². The molecule has 0 spiro atoms. The Kier molecular flexibility index (Phi) is 3.90. The lowest BCUT2D eigenvalue weighted by Gasteiger charge is -2.20. The van der Waals surface area contributed by atoms with Crippen LogP contribution in [0.2, 0.25) is 0 Å². The summed E-state index contributed by atoms with van der Waals surface area (Å²) >= 11 is 0. The molecule has 1 rings (SSSR count). The van der Waals surface area contributed by atoms with Gasteiger partial charge in [0.1, 0.15) is 11.4 Å². The third kappa shape index (κ3) is 3.44. The van der Waals surface area contributed by atoms with Gasteiger partial charge in [-0.05, 0) is 32.9 Å². The molecule has 0 unspecified atom stereocenters. The average molecular weight is 255 g/mol. The normalized spacial score (nSPS) is 10.9. The summed E-state index contributed by atoms with van der Waals surface area (Å²) in [5.41, 5.74) is -1.30. The maximum atomic E-state index is 13.1. The summed E-state index contributed by atoms with van der Waals surface area (Å²) in [4.78, 5) is 22.0. The number of ether oxygens (including phenoxy) is 1. The Morgan fingerprint density at radius 2 is 2.06 bits per heavy atom. The van der Waals surface area contributed by atoms with Gasteiger partial charge in [-0.2, -0.15) is 0 Å². The average Bonchev–Trinajstić information content (AvgIpc) is 2.20. The molecule has 0 aliphatic rings. The molecule has 0 atom stereocenters. The predicted molar refractivity (Wildman–Crippen MR) is 63.3 cm³/mol. The van der Waals surface area contributed by atoms with E-state index in [2.05, 4.69) is 5.32 Å². The summed E-state index contributed by atoms with van der Waals surface area (Å²) < 4.78 is 18.1. The first-order chi connectivity index (χ1) is 8.24. The number of nitrogens with one attached hydrogen (secondary N) is 1. The summed E-state index contributed by atoms with van der Waals surface area (Å²) in [6.45, 7) is 5.02. The fourth-order valence-electron chi connectivity index (χ4n) is 1.21. The van der Waals surface area contributed by atoms with Crippen molar-refractivity contribution >= 4 is 18.1 Å². The molecule has 0 aliphatic heterocycles. The molecule has 1 aromatic carbocycles. The number of benzene rings is 1. The number of hydrogen-bond acceptors (Lipinski definition) is 4. The van der Waals surface area contributed by atoms with Gasteiger partial charge in [-0.1, -0.05) is 0 Å². The number of aldehydes is 1. The van der Waals surface area contributed by atoms with E-state index in [4.69, 9.17) is 4.74 Å². The predicted octanol–water partition coefficient (Wildman–Crippen LogP) is 2.69. The summed E-state index contributed by atoms with van der Waals surface area (Å²) in [6.07, 6.45) is -0.633. The van der Waals surface area contributed by atoms with Gasteiger partial charge in [0, 0.05) is 0 Å². The van der Waals surface area contributed by atoms with Crippen LogP contribution in [0, 0.1) is 5.82 Å². The number of carbonyl (C=O) groups excluding carboxylic acids is 2. The van der Waals surface area contributed by atoms with Crippen LogP contribution in [0.4, 0.5) is 14.9 Å². The lowest BCUT2D eigenvalue weighted by atomic mass is 10.1. The van der Waals surface area contributed by atoms with Crippen LogP contribution in [0.15, 0.2) is 12.1 Å². The number of aromatic hydroxyl groups is 1. The van der Waals surface area contributed by atoms with Gasteiger partial charge < -0.3 is 9.84 Å². The summed E-state index contributed by atoms with van der Waals surface area (Å²) in [5.74, 6) is -1.49. The van der Waals surface area contributed by atoms with Crippen LogP contribution < -0.4 is 5.32 Å². The molecule has 0 saturated carbocycles. The van der Waals surface area contributed by atoms with E-state index in [1.54, 1.807) is 20.8 Å². The fourth-order valence-corrected chi connectivity index (χ4v) is 1.21. The molecule has 1 amide bonds. The second-order valence-corrected chi connectivity index (χ2v) is 4.60. The van der Waals surface area contributed by atoms with Crippen molar-refractivity contribution in [2.45, 2.75) is 26.4 Å². The molecular formula is C12H14FNO4. The fraction of sp³-hybridized carbons (Fsp3) is 0.333. The standard InChI is InChI=1S/C12H14FNO4/c1-12(2,3)18-11(17)14-9-5-4-8(13)7(6-15)10(9)16/h4-6,16H,1-3H3,(H,14,17). The number of halogens is 1. The lowest BCUT2D eigenvalue weighted by Crippen LogP contribution is -2.27. The maximum absolute atomic E-state index is 13.1. The highest BCUT2D eigenvalue weighted by Crippen LogP contribution is 2.28. The minimum absolute atomic E-state index is 0.0900. The first kappa shape index (κ1) is 14.0. The quantitative estimate of drug-likeness (QED) is 0.629. The van der Waals surface area contributed by atoms with Crippen LogP contribution in [-0.2, 0) is 4.74 Å². The maximum Gasteiger partial charge on any atom is 0.412 e. The molecule has 0 heterocycles. The van der Waals surface area contributed by atoms with E-state index in [9.17, 15) is 19.1 Å². The molecule has 6 heteroatoms. The van der Waals surface area contributed by atoms with E-state index >= 15 is 0 Å². The molecule has 18 heavy (non-hydrogen) atoms. The molecule has 2 N–H and O–H groups in total. The van der Waals surface area contributed by atoms with Crippen molar-refractivity contribution in [1.82, 2.24) is 0 Å². The Balaban J connectivity index is 2.93. The SMILES string of the molecule is CC(C)(C)OC(=O)Nc1ccc(F)c(C=O)c1O. The van der Waals surface area contributed by atoms with Crippen molar-refractivity contribution < 1.29 is 23.8 Å².